The van der Waals surface area contributed by atoms with E-state index in [0.717, 1.165) is 17.0 Å². The van der Waals surface area contributed by atoms with Gasteiger partial charge < -0.3 is 4.74 Å². The number of fused-ring (bicyclic) bond motifs is 1. The van der Waals surface area contributed by atoms with Gasteiger partial charge in [-0.25, -0.2) is 9.37 Å². The van der Waals surface area contributed by atoms with Crippen molar-refractivity contribution in [3.63, 3.8) is 0 Å². The molecule has 5 heteroatoms. The van der Waals surface area contributed by atoms with Crippen LogP contribution < -0.4 is 4.74 Å². The van der Waals surface area contributed by atoms with Gasteiger partial charge in [-0.3, -0.25) is 4.57 Å². The summed E-state index contributed by atoms with van der Waals surface area (Å²) >= 11 is 5.96. The zero-order valence-corrected chi connectivity index (χ0v) is 11.6. The molecule has 0 saturated carbocycles. The van der Waals surface area contributed by atoms with E-state index in [-0.39, 0.29) is 11.7 Å². The highest BCUT2D eigenvalue weighted by atomic mass is 35.5. The molecule has 0 bridgehead atoms. The third-order valence-electron chi connectivity index (χ3n) is 3.12. The number of hydrogen-bond acceptors (Lipinski definition) is 2. The van der Waals surface area contributed by atoms with Crippen LogP contribution in [-0.2, 0) is 5.88 Å². The lowest BCUT2D eigenvalue weighted by Gasteiger charge is -2.09. The zero-order valence-electron chi connectivity index (χ0n) is 10.8. The molecule has 3 rings (SSSR count). The van der Waals surface area contributed by atoms with Gasteiger partial charge in [-0.2, -0.15) is 0 Å². The Morgan fingerprint density at radius 1 is 1.25 bits per heavy atom. The third-order valence-corrected chi connectivity index (χ3v) is 3.36. The van der Waals surface area contributed by atoms with E-state index in [1.807, 2.05) is 28.8 Å². The van der Waals surface area contributed by atoms with Gasteiger partial charge in [0.1, 0.15) is 17.4 Å². The number of ether oxygens (including phenoxy) is 1. The number of imidazole rings is 1. The average molecular weight is 291 g/mol. The molecule has 2 aromatic carbocycles. The van der Waals surface area contributed by atoms with Gasteiger partial charge in [0.2, 0.25) is 0 Å². The molecule has 1 aromatic heterocycles. The Morgan fingerprint density at radius 2 is 2.10 bits per heavy atom. The topological polar surface area (TPSA) is 27.1 Å². The van der Waals surface area contributed by atoms with Crippen LogP contribution >= 0.6 is 11.6 Å². The molecule has 0 N–H and O–H groups in total. The summed E-state index contributed by atoms with van der Waals surface area (Å²) in [6.07, 6.45) is 0. The molecule has 20 heavy (non-hydrogen) atoms. The molecule has 3 aromatic rings. The molecule has 102 valence electrons. The minimum atomic E-state index is -0.311. The van der Waals surface area contributed by atoms with Crippen molar-refractivity contribution in [1.29, 1.82) is 0 Å². The number of nitrogens with zero attached hydrogens (tertiary/aromatic N) is 2. The second-order valence-corrected chi connectivity index (χ2v) is 4.60. The Kier molecular flexibility index (Phi) is 3.32. The lowest BCUT2D eigenvalue weighted by molar-refractivity contribution is 0.414. The highest BCUT2D eigenvalue weighted by Crippen LogP contribution is 2.25. The van der Waals surface area contributed by atoms with Crippen LogP contribution in [0.25, 0.3) is 16.7 Å². The van der Waals surface area contributed by atoms with E-state index in [1.165, 1.54) is 12.1 Å². The number of benzene rings is 2. The van der Waals surface area contributed by atoms with Gasteiger partial charge in [-0.15, -0.1) is 11.6 Å². The summed E-state index contributed by atoms with van der Waals surface area (Å²) < 4.78 is 20.4. The first-order valence-electron chi connectivity index (χ1n) is 6.10. The summed E-state index contributed by atoms with van der Waals surface area (Å²) in [5.41, 5.74) is 2.29. The van der Waals surface area contributed by atoms with E-state index >= 15 is 0 Å². The van der Waals surface area contributed by atoms with Gasteiger partial charge in [0.25, 0.3) is 0 Å². The number of halogens is 2. The molecule has 0 aliphatic heterocycles. The summed E-state index contributed by atoms with van der Waals surface area (Å²) in [4.78, 5) is 4.37. The summed E-state index contributed by atoms with van der Waals surface area (Å²) in [5.74, 6) is 1.34. The minimum Gasteiger partial charge on any atom is -0.497 e. The van der Waals surface area contributed by atoms with Gasteiger partial charge in [0, 0.05) is 12.1 Å². The van der Waals surface area contributed by atoms with Crippen LogP contribution in [0.5, 0.6) is 5.75 Å². The van der Waals surface area contributed by atoms with E-state index < -0.39 is 0 Å². The highest BCUT2D eigenvalue weighted by Gasteiger charge is 2.12. The predicted octanol–water partition coefficient (Wildman–Crippen LogP) is 3.91. The van der Waals surface area contributed by atoms with Crippen molar-refractivity contribution in [3.8, 4) is 11.4 Å². The molecule has 0 aliphatic rings. The van der Waals surface area contributed by atoms with Crippen molar-refractivity contribution < 1.29 is 9.13 Å². The van der Waals surface area contributed by atoms with Crippen LogP contribution in [0.3, 0.4) is 0 Å². The monoisotopic (exact) mass is 290 g/mol. The average Bonchev–Trinajstić information content (AvgIpc) is 2.84. The highest BCUT2D eigenvalue weighted by molar-refractivity contribution is 6.17. The van der Waals surface area contributed by atoms with E-state index in [1.54, 1.807) is 13.2 Å². The summed E-state index contributed by atoms with van der Waals surface area (Å²) in [5, 5.41) is 0. The number of methoxy groups -OCH3 is 1. The van der Waals surface area contributed by atoms with Crippen molar-refractivity contribution >= 4 is 22.6 Å². The number of hydrogen-bond donors (Lipinski definition) is 0. The summed E-state index contributed by atoms with van der Waals surface area (Å²) in [6, 6.07) is 12.1. The number of rotatable bonds is 3. The van der Waals surface area contributed by atoms with E-state index in [0.29, 0.717) is 11.3 Å². The Labute approximate surface area is 120 Å². The molecule has 0 radical (unpaired) electrons. The normalized spacial score (nSPS) is 10.9. The Morgan fingerprint density at radius 3 is 2.85 bits per heavy atom. The number of aromatic nitrogens is 2. The maximum Gasteiger partial charge on any atom is 0.129 e. The summed E-state index contributed by atoms with van der Waals surface area (Å²) in [6.45, 7) is 0. The molecule has 0 unspecified atom stereocenters. The molecule has 0 aliphatic carbocycles. The predicted molar refractivity (Wildman–Crippen MR) is 77.1 cm³/mol. The quantitative estimate of drug-likeness (QED) is 0.684. The first-order valence-corrected chi connectivity index (χ1v) is 6.63. The molecule has 0 spiro atoms. The summed E-state index contributed by atoms with van der Waals surface area (Å²) in [7, 11) is 1.61. The first kappa shape index (κ1) is 12.9. The first-order chi connectivity index (χ1) is 9.72. The second kappa shape index (κ2) is 5.13. The van der Waals surface area contributed by atoms with Crippen molar-refractivity contribution in [1.82, 2.24) is 9.55 Å². The fourth-order valence-electron chi connectivity index (χ4n) is 2.23. The molecular weight excluding hydrogens is 279 g/mol. The van der Waals surface area contributed by atoms with Crippen LogP contribution in [-0.4, -0.2) is 16.7 Å². The Bertz CT molecular complexity index is 770. The molecule has 0 atom stereocenters. The molecule has 0 saturated heterocycles. The smallest absolute Gasteiger partial charge is 0.129 e. The number of alkyl halides is 1. The van der Waals surface area contributed by atoms with Crippen LogP contribution in [0.15, 0.2) is 42.5 Å². The van der Waals surface area contributed by atoms with Crippen LogP contribution in [0.1, 0.15) is 5.82 Å². The van der Waals surface area contributed by atoms with Crippen LogP contribution in [0.4, 0.5) is 4.39 Å². The maximum atomic E-state index is 13.3. The van der Waals surface area contributed by atoms with Gasteiger partial charge >= 0.3 is 0 Å². The van der Waals surface area contributed by atoms with Gasteiger partial charge in [0.05, 0.1) is 29.7 Å². The fourth-order valence-corrected chi connectivity index (χ4v) is 2.41. The second-order valence-electron chi connectivity index (χ2n) is 4.33. The fraction of sp³-hybridized carbons (Fsp3) is 0.133. The minimum absolute atomic E-state index is 0.244. The van der Waals surface area contributed by atoms with Crippen molar-refractivity contribution in [2.75, 3.05) is 7.11 Å². The molecule has 0 fully saturated rings. The van der Waals surface area contributed by atoms with Crippen molar-refractivity contribution in [3.05, 3.63) is 54.1 Å². The van der Waals surface area contributed by atoms with Crippen molar-refractivity contribution in [2.45, 2.75) is 5.88 Å². The van der Waals surface area contributed by atoms with Crippen LogP contribution in [0.2, 0.25) is 0 Å². The molecule has 0 amide bonds. The molecule has 3 nitrogen and oxygen atoms in total. The third kappa shape index (κ3) is 2.12. The van der Waals surface area contributed by atoms with E-state index in [2.05, 4.69) is 4.98 Å². The lowest BCUT2D eigenvalue weighted by Crippen LogP contribution is -1.99. The lowest BCUT2D eigenvalue weighted by atomic mass is 10.2. The van der Waals surface area contributed by atoms with Crippen LogP contribution in [0, 0.1) is 5.82 Å². The Balaban J connectivity index is 2.28. The molecule has 1 heterocycles. The zero-order chi connectivity index (χ0) is 14.1. The van der Waals surface area contributed by atoms with Gasteiger partial charge in [0.15, 0.2) is 0 Å². The van der Waals surface area contributed by atoms with Crippen molar-refractivity contribution in [2.24, 2.45) is 0 Å². The Hall–Kier alpha value is -2.07. The standard InChI is InChI=1S/C15H12ClFN2O/c1-20-12-4-2-3-11(8-12)19-14-6-5-10(17)7-13(14)18-15(19)9-16/h2-8H,9H2,1H3. The largest absolute Gasteiger partial charge is 0.497 e. The van der Waals surface area contributed by atoms with Gasteiger partial charge in [-0.1, -0.05) is 6.07 Å². The van der Waals surface area contributed by atoms with E-state index in [4.69, 9.17) is 16.3 Å². The van der Waals surface area contributed by atoms with E-state index in [9.17, 15) is 4.39 Å². The maximum absolute atomic E-state index is 13.3. The molecular formula is C15H12ClFN2O. The SMILES string of the molecule is COc1cccc(-n2c(CCl)nc3cc(F)ccc32)c1. The van der Waals surface area contributed by atoms with Gasteiger partial charge in [-0.05, 0) is 24.3 Å².